The molecule has 1 saturated heterocycles. The molecule has 0 radical (unpaired) electrons. The average Bonchev–Trinajstić information content (AvgIpc) is 2.63. The molecule has 0 spiro atoms. The summed E-state index contributed by atoms with van der Waals surface area (Å²) < 4.78 is 1.46. The van der Waals surface area contributed by atoms with E-state index in [4.69, 9.17) is 0 Å². The molecule has 1 aliphatic heterocycles. The zero-order valence-electron chi connectivity index (χ0n) is 16.3. The van der Waals surface area contributed by atoms with Gasteiger partial charge in [0.2, 0.25) is 0 Å². The van der Waals surface area contributed by atoms with Crippen LogP contribution in [0.25, 0.3) is 11.0 Å². The zero-order chi connectivity index (χ0) is 19.7. The van der Waals surface area contributed by atoms with Gasteiger partial charge in [-0.2, -0.15) is 0 Å². The lowest BCUT2D eigenvalue weighted by Crippen LogP contribution is -2.51. The van der Waals surface area contributed by atoms with Gasteiger partial charge in [-0.05, 0) is 25.3 Å². The number of rotatable bonds is 4. The molecule has 3 heterocycles. The first-order valence-corrected chi connectivity index (χ1v) is 9.53. The molecule has 1 amide bonds. The van der Waals surface area contributed by atoms with Crippen molar-refractivity contribution in [3.8, 4) is 0 Å². The Labute approximate surface area is 157 Å². The summed E-state index contributed by atoms with van der Waals surface area (Å²) in [7, 11) is 0. The Bertz CT molecular complexity index is 976. The quantitative estimate of drug-likeness (QED) is 0.834. The molecule has 0 saturated carbocycles. The van der Waals surface area contributed by atoms with Crippen molar-refractivity contribution in [2.24, 2.45) is 0 Å². The number of nitrogens with zero attached hydrogens (tertiary/aromatic N) is 3. The maximum Gasteiger partial charge on any atom is 0.329 e. The maximum atomic E-state index is 13.3. The van der Waals surface area contributed by atoms with Crippen molar-refractivity contribution in [2.45, 2.75) is 52.6 Å². The molecule has 146 valence electrons. The van der Waals surface area contributed by atoms with Gasteiger partial charge in [-0.25, -0.2) is 9.78 Å². The van der Waals surface area contributed by atoms with Crippen molar-refractivity contribution in [3.05, 3.63) is 38.2 Å². The van der Waals surface area contributed by atoms with Crippen LogP contribution in [0.2, 0.25) is 0 Å². The summed E-state index contributed by atoms with van der Waals surface area (Å²) in [6.07, 6.45) is 0.716. The number of hydrogen-bond acceptors (Lipinski definition) is 5. The van der Waals surface area contributed by atoms with Gasteiger partial charge in [0.25, 0.3) is 11.5 Å². The number of H-pyrrole nitrogens is 1. The van der Waals surface area contributed by atoms with Crippen LogP contribution in [0, 0.1) is 0 Å². The third-order valence-electron chi connectivity index (χ3n) is 4.89. The van der Waals surface area contributed by atoms with Gasteiger partial charge in [0.15, 0.2) is 5.65 Å². The Kier molecular flexibility index (Phi) is 5.46. The number of hydrogen-bond donors (Lipinski definition) is 2. The molecule has 2 aromatic heterocycles. The first kappa shape index (κ1) is 19.3. The van der Waals surface area contributed by atoms with E-state index >= 15 is 0 Å². The number of aromatic amines is 1. The first-order valence-electron chi connectivity index (χ1n) is 9.53. The molecule has 0 bridgehead atoms. The number of nitrogens with one attached hydrogen (secondary N) is 2. The van der Waals surface area contributed by atoms with Crippen LogP contribution in [-0.2, 0) is 6.54 Å². The number of amides is 1. The average molecular weight is 373 g/mol. The number of pyridine rings is 1. The van der Waals surface area contributed by atoms with Gasteiger partial charge in [0, 0.05) is 37.9 Å². The minimum absolute atomic E-state index is 0.0624. The van der Waals surface area contributed by atoms with Gasteiger partial charge in [-0.1, -0.05) is 20.8 Å². The summed E-state index contributed by atoms with van der Waals surface area (Å²) in [4.78, 5) is 46.9. The predicted molar refractivity (Wildman–Crippen MR) is 104 cm³/mol. The Morgan fingerprint density at radius 1 is 1.37 bits per heavy atom. The fourth-order valence-corrected chi connectivity index (χ4v) is 3.48. The maximum absolute atomic E-state index is 13.3. The highest BCUT2D eigenvalue weighted by Crippen LogP contribution is 2.21. The van der Waals surface area contributed by atoms with E-state index in [0.29, 0.717) is 49.5 Å². The largest absolute Gasteiger partial charge is 0.336 e. The van der Waals surface area contributed by atoms with Crippen molar-refractivity contribution in [3.63, 3.8) is 0 Å². The van der Waals surface area contributed by atoms with Crippen LogP contribution >= 0.6 is 0 Å². The van der Waals surface area contributed by atoms with Crippen molar-refractivity contribution < 1.29 is 4.79 Å². The van der Waals surface area contributed by atoms with E-state index in [2.05, 4.69) is 15.3 Å². The Balaban J connectivity index is 2.27. The number of carbonyl (C=O) groups is 1. The highest BCUT2D eigenvalue weighted by molar-refractivity contribution is 6.05. The minimum atomic E-state index is -0.559. The van der Waals surface area contributed by atoms with Crippen LogP contribution in [-0.4, -0.2) is 51.0 Å². The van der Waals surface area contributed by atoms with Crippen LogP contribution in [0.5, 0.6) is 0 Å². The van der Waals surface area contributed by atoms with Crippen molar-refractivity contribution in [1.82, 2.24) is 24.8 Å². The van der Waals surface area contributed by atoms with Gasteiger partial charge < -0.3 is 10.2 Å². The molecule has 8 heteroatoms. The second kappa shape index (κ2) is 7.64. The predicted octanol–water partition coefficient (Wildman–Crippen LogP) is 1.05. The molecule has 1 fully saturated rings. The third kappa shape index (κ3) is 3.66. The summed E-state index contributed by atoms with van der Waals surface area (Å²) in [6, 6.07) is 1.90. The zero-order valence-corrected chi connectivity index (χ0v) is 16.3. The smallest absolute Gasteiger partial charge is 0.329 e. The van der Waals surface area contributed by atoms with Gasteiger partial charge in [-0.3, -0.25) is 19.1 Å². The lowest BCUT2D eigenvalue weighted by atomic mass is 10.0. The number of carbonyl (C=O) groups excluding carboxylic acids is 1. The molecule has 1 aliphatic rings. The molecule has 0 aliphatic carbocycles. The van der Waals surface area contributed by atoms with Crippen molar-refractivity contribution in [2.75, 3.05) is 19.6 Å². The van der Waals surface area contributed by atoms with Crippen molar-refractivity contribution >= 4 is 16.9 Å². The monoisotopic (exact) mass is 373 g/mol. The number of aromatic nitrogens is 3. The van der Waals surface area contributed by atoms with Gasteiger partial charge in [0.05, 0.1) is 10.9 Å². The van der Waals surface area contributed by atoms with Gasteiger partial charge in [0.1, 0.15) is 0 Å². The molecule has 8 nitrogen and oxygen atoms in total. The normalized spacial score (nSPS) is 17.7. The summed E-state index contributed by atoms with van der Waals surface area (Å²) in [6.45, 7) is 10.2. The summed E-state index contributed by atoms with van der Waals surface area (Å²) in [5.41, 5.74) is 0.268. The Morgan fingerprint density at radius 2 is 2.11 bits per heavy atom. The van der Waals surface area contributed by atoms with Crippen LogP contribution in [0.1, 0.15) is 56.1 Å². The van der Waals surface area contributed by atoms with Crippen LogP contribution in [0.3, 0.4) is 0 Å². The SMILES string of the molecule is CCCn1c(=O)[nH]c(=O)c2c(C(=O)N3CCNC(C)C3)cc(C(C)C)nc21. The van der Waals surface area contributed by atoms with E-state index in [1.54, 1.807) is 11.0 Å². The second-order valence-corrected chi connectivity index (χ2v) is 7.47. The van der Waals surface area contributed by atoms with E-state index < -0.39 is 11.2 Å². The van der Waals surface area contributed by atoms with E-state index in [0.717, 1.165) is 0 Å². The van der Waals surface area contributed by atoms with E-state index in [1.807, 2.05) is 27.7 Å². The molecule has 3 rings (SSSR count). The summed E-state index contributed by atoms with van der Waals surface area (Å²) in [5, 5.41) is 3.51. The molecule has 2 N–H and O–H groups in total. The molecular formula is C19H27N5O3. The topological polar surface area (TPSA) is 100 Å². The highest BCUT2D eigenvalue weighted by atomic mass is 16.2. The summed E-state index contributed by atoms with van der Waals surface area (Å²) >= 11 is 0. The molecule has 0 aromatic carbocycles. The van der Waals surface area contributed by atoms with E-state index in [-0.39, 0.29) is 23.3 Å². The molecule has 1 unspecified atom stereocenters. The van der Waals surface area contributed by atoms with Crippen LogP contribution in [0.4, 0.5) is 0 Å². The Hall–Kier alpha value is -2.48. The molecule has 2 aromatic rings. The fraction of sp³-hybridized carbons (Fsp3) is 0.579. The minimum Gasteiger partial charge on any atom is -0.336 e. The number of aryl methyl sites for hydroxylation is 1. The standard InChI is InChI=1S/C19H27N5O3/c1-5-7-24-16-15(17(25)22-19(24)27)13(9-14(21-16)11(2)3)18(26)23-8-6-20-12(4)10-23/h9,11-12,20H,5-8,10H2,1-4H3,(H,22,25,27). The van der Waals surface area contributed by atoms with Crippen molar-refractivity contribution in [1.29, 1.82) is 0 Å². The molecule has 27 heavy (non-hydrogen) atoms. The third-order valence-corrected chi connectivity index (χ3v) is 4.89. The van der Waals surface area contributed by atoms with Crippen LogP contribution in [0.15, 0.2) is 15.7 Å². The number of fused-ring (bicyclic) bond motifs is 1. The van der Waals surface area contributed by atoms with Gasteiger partial charge >= 0.3 is 5.69 Å². The summed E-state index contributed by atoms with van der Waals surface area (Å²) in [5.74, 6) is -0.128. The molecular weight excluding hydrogens is 346 g/mol. The second-order valence-electron chi connectivity index (χ2n) is 7.47. The van der Waals surface area contributed by atoms with Crippen LogP contribution < -0.4 is 16.6 Å². The lowest BCUT2D eigenvalue weighted by molar-refractivity contribution is 0.0710. The highest BCUT2D eigenvalue weighted by Gasteiger charge is 2.26. The first-order chi connectivity index (χ1) is 12.8. The molecule has 1 atom stereocenters. The lowest BCUT2D eigenvalue weighted by Gasteiger charge is -2.32. The van der Waals surface area contributed by atoms with E-state index in [1.165, 1.54) is 4.57 Å². The Morgan fingerprint density at radius 3 is 2.74 bits per heavy atom. The van der Waals surface area contributed by atoms with E-state index in [9.17, 15) is 14.4 Å². The fourth-order valence-electron chi connectivity index (χ4n) is 3.48. The van der Waals surface area contributed by atoms with Gasteiger partial charge in [-0.15, -0.1) is 0 Å². The number of piperazine rings is 1.